The van der Waals surface area contributed by atoms with Gasteiger partial charge in [0.1, 0.15) is 11.6 Å². The number of halogens is 4. The molecule has 1 aliphatic heterocycles. The molecule has 2 nitrogen and oxygen atoms in total. The Morgan fingerprint density at radius 1 is 1.00 bits per heavy atom. The summed E-state index contributed by atoms with van der Waals surface area (Å²) in [6, 6.07) is 4.16. The zero-order chi connectivity index (χ0) is 13.2. The molecule has 2 aliphatic rings. The van der Waals surface area contributed by atoms with Crippen molar-refractivity contribution < 1.29 is 8.78 Å². The molecule has 1 atom stereocenters. The third-order valence-electron chi connectivity index (χ3n) is 4.37. The molecule has 2 fully saturated rings. The van der Waals surface area contributed by atoms with Crippen LogP contribution in [0, 0.1) is 17.6 Å². The van der Waals surface area contributed by atoms with E-state index in [0.29, 0.717) is 5.92 Å². The Hall–Kier alpha value is -0.420. The van der Waals surface area contributed by atoms with Gasteiger partial charge in [-0.2, -0.15) is 0 Å². The number of nitrogens with zero attached hydrogens (tertiary/aromatic N) is 1. The van der Waals surface area contributed by atoms with Crippen molar-refractivity contribution in [1.29, 1.82) is 0 Å². The molecule has 3 rings (SSSR count). The van der Waals surface area contributed by atoms with Gasteiger partial charge in [-0.1, -0.05) is 6.42 Å². The van der Waals surface area contributed by atoms with E-state index in [1.165, 1.54) is 31.4 Å². The fraction of sp³-hybridized carbons (Fsp3) is 0.600. The highest BCUT2D eigenvalue weighted by Gasteiger charge is 2.33. The Morgan fingerprint density at radius 3 is 2.05 bits per heavy atom. The summed E-state index contributed by atoms with van der Waals surface area (Å²) in [6.07, 6.45) is 3.59. The molecule has 21 heavy (non-hydrogen) atoms. The van der Waals surface area contributed by atoms with E-state index in [0.717, 1.165) is 37.8 Å². The quantitative estimate of drug-likeness (QED) is 0.906. The van der Waals surface area contributed by atoms with E-state index in [1.54, 1.807) is 0 Å². The van der Waals surface area contributed by atoms with Crippen LogP contribution in [0.15, 0.2) is 18.2 Å². The number of nitrogens with one attached hydrogen (secondary N) is 1. The minimum absolute atomic E-state index is 0. The summed E-state index contributed by atoms with van der Waals surface area (Å²) in [4.78, 5) is 2.38. The Bertz CT molecular complexity index is 429. The van der Waals surface area contributed by atoms with Gasteiger partial charge < -0.3 is 5.32 Å². The van der Waals surface area contributed by atoms with Crippen LogP contribution in [-0.4, -0.2) is 31.1 Å². The van der Waals surface area contributed by atoms with Crippen molar-refractivity contribution in [2.24, 2.45) is 5.92 Å². The van der Waals surface area contributed by atoms with E-state index in [-0.39, 0.29) is 30.9 Å². The molecule has 6 heteroatoms. The number of piperazine rings is 1. The zero-order valence-electron chi connectivity index (χ0n) is 11.9. The molecule has 1 saturated carbocycles. The van der Waals surface area contributed by atoms with Crippen LogP contribution >= 0.6 is 24.8 Å². The average molecular weight is 339 g/mol. The van der Waals surface area contributed by atoms with Gasteiger partial charge in [0, 0.05) is 38.3 Å². The van der Waals surface area contributed by atoms with Crippen molar-refractivity contribution in [1.82, 2.24) is 10.2 Å². The molecule has 120 valence electrons. The van der Waals surface area contributed by atoms with Crippen LogP contribution in [0.25, 0.3) is 0 Å². The second kappa shape index (κ2) is 8.28. The van der Waals surface area contributed by atoms with E-state index in [1.807, 2.05) is 0 Å². The van der Waals surface area contributed by atoms with Gasteiger partial charge in [-0.3, -0.25) is 4.90 Å². The van der Waals surface area contributed by atoms with Crippen molar-refractivity contribution in [2.75, 3.05) is 26.2 Å². The van der Waals surface area contributed by atoms with E-state index in [9.17, 15) is 8.78 Å². The predicted octanol–water partition coefficient (Wildman–Crippen LogP) is 3.55. The predicted molar refractivity (Wildman–Crippen MR) is 85.4 cm³/mol. The fourth-order valence-electron chi connectivity index (χ4n) is 3.24. The fourth-order valence-corrected chi connectivity index (χ4v) is 3.24. The third kappa shape index (κ3) is 4.28. The molecule has 0 spiro atoms. The minimum atomic E-state index is -0.463. The van der Waals surface area contributed by atoms with E-state index in [2.05, 4.69) is 10.2 Å². The van der Waals surface area contributed by atoms with Gasteiger partial charge in [-0.15, -0.1) is 24.8 Å². The van der Waals surface area contributed by atoms with E-state index >= 15 is 0 Å². The van der Waals surface area contributed by atoms with Gasteiger partial charge in [-0.25, -0.2) is 8.78 Å². The second-order valence-corrected chi connectivity index (χ2v) is 5.62. The Balaban J connectivity index is 0.00000110. The highest BCUT2D eigenvalue weighted by Crippen LogP contribution is 2.41. The zero-order valence-corrected chi connectivity index (χ0v) is 13.5. The Kier molecular flexibility index (Phi) is 7.34. The highest BCUT2D eigenvalue weighted by molar-refractivity contribution is 5.85. The largest absolute Gasteiger partial charge is 0.314 e. The molecule has 0 unspecified atom stereocenters. The molecule has 1 N–H and O–H groups in total. The smallest absolute Gasteiger partial charge is 0.126 e. The van der Waals surface area contributed by atoms with Gasteiger partial charge in [-0.05, 0) is 36.5 Å². The minimum Gasteiger partial charge on any atom is -0.314 e. The van der Waals surface area contributed by atoms with Gasteiger partial charge in [0.25, 0.3) is 0 Å². The monoisotopic (exact) mass is 338 g/mol. The summed E-state index contributed by atoms with van der Waals surface area (Å²) in [7, 11) is 0. The summed E-state index contributed by atoms with van der Waals surface area (Å²) in [5.74, 6) is -0.372. The van der Waals surface area contributed by atoms with E-state index < -0.39 is 11.6 Å². The molecule has 0 amide bonds. The number of benzene rings is 1. The lowest BCUT2D eigenvalue weighted by molar-refractivity contribution is 0.0833. The number of rotatable bonds is 3. The molecule has 0 bridgehead atoms. The van der Waals surface area contributed by atoms with Crippen LogP contribution in [0.5, 0.6) is 0 Å². The molecule has 0 radical (unpaired) electrons. The molecule has 1 heterocycles. The lowest BCUT2D eigenvalue weighted by atomic mass is 9.76. The van der Waals surface area contributed by atoms with Crippen molar-refractivity contribution in [3.63, 3.8) is 0 Å². The summed E-state index contributed by atoms with van der Waals surface area (Å²) >= 11 is 0. The van der Waals surface area contributed by atoms with Gasteiger partial charge in [0.05, 0.1) is 0 Å². The molecule has 1 aromatic carbocycles. The van der Waals surface area contributed by atoms with Crippen LogP contribution < -0.4 is 5.32 Å². The molecule has 0 aromatic heterocycles. The van der Waals surface area contributed by atoms with Crippen LogP contribution in [0.2, 0.25) is 0 Å². The Labute approximate surface area is 137 Å². The maximum Gasteiger partial charge on any atom is 0.126 e. The molecular formula is C15H22Cl2F2N2. The lowest BCUT2D eigenvalue weighted by Gasteiger charge is -2.43. The van der Waals surface area contributed by atoms with Crippen molar-refractivity contribution >= 4 is 24.8 Å². The van der Waals surface area contributed by atoms with E-state index in [4.69, 9.17) is 0 Å². The van der Waals surface area contributed by atoms with Crippen molar-refractivity contribution in [3.8, 4) is 0 Å². The van der Waals surface area contributed by atoms with Gasteiger partial charge >= 0.3 is 0 Å². The Morgan fingerprint density at radius 2 is 1.57 bits per heavy atom. The summed E-state index contributed by atoms with van der Waals surface area (Å²) in [5.41, 5.74) is 0.809. The third-order valence-corrected chi connectivity index (χ3v) is 4.37. The number of hydrogen-bond donors (Lipinski definition) is 1. The summed E-state index contributed by atoms with van der Waals surface area (Å²) in [5, 5.41) is 3.33. The van der Waals surface area contributed by atoms with Crippen LogP contribution in [-0.2, 0) is 0 Å². The number of hydrogen-bond acceptors (Lipinski definition) is 2. The highest BCUT2D eigenvalue weighted by atomic mass is 35.5. The topological polar surface area (TPSA) is 15.3 Å². The first-order chi connectivity index (χ1) is 9.24. The van der Waals surface area contributed by atoms with Crippen LogP contribution in [0.3, 0.4) is 0 Å². The molecule has 1 aromatic rings. The summed E-state index contributed by atoms with van der Waals surface area (Å²) < 4.78 is 26.9. The van der Waals surface area contributed by atoms with Crippen molar-refractivity contribution in [3.05, 3.63) is 35.4 Å². The van der Waals surface area contributed by atoms with Gasteiger partial charge in [0.15, 0.2) is 0 Å². The maximum absolute atomic E-state index is 13.5. The van der Waals surface area contributed by atoms with Crippen LogP contribution in [0.4, 0.5) is 8.78 Å². The first-order valence-electron chi connectivity index (χ1n) is 7.15. The normalized spacial score (nSPS) is 20.9. The SMILES string of the molecule is Cl.Cl.Fc1cc(F)cc([C@H](C2CCC2)N2CCNCC2)c1. The first-order valence-corrected chi connectivity index (χ1v) is 7.15. The lowest BCUT2D eigenvalue weighted by Crippen LogP contribution is -2.47. The summed E-state index contributed by atoms with van der Waals surface area (Å²) in [6.45, 7) is 3.83. The van der Waals surface area contributed by atoms with Gasteiger partial charge in [0.2, 0.25) is 0 Å². The first kappa shape index (κ1) is 18.6. The molecule has 1 saturated heterocycles. The van der Waals surface area contributed by atoms with Crippen LogP contribution in [0.1, 0.15) is 30.9 Å². The maximum atomic E-state index is 13.5. The molecule has 1 aliphatic carbocycles. The van der Waals surface area contributed by atoms with Crippen molar-refractivity contribution in [2.45, 2.75) is 25.3 Å². The average Bonchev–Trinajstić information content (AvgIpc) is 2.33. The standard InChI is InChI=1S/C15H20F2N2.2ClH/c16-13-8-12(9-14(17)10-13)15(11-2-1-3-11)19-6-4-18-5-7-19;;/h8-11,15,18H,1-7H2;2*1H/t15-;;/m0../s1. The second-order valence-electron chi connectivity index (χ2n) is 5.62. The molecular weight excluding hydrogens is 317 g/mol.